The Kier molecular flexibility index (Phi) is 6.79. The van der Waals surface area contributed by atoms with Gasteiger partial charge < -0.3 is 9.64 Å². The molecular formula is C24H29NO3. The molecule has 0 saturated carbocycles. The largest absolute Gasteiger partial charge is 0.496 e. The van der Waals surface area contributed by atoms with Crippen LogP contribution in [0, 0.1) is 0 Å². The molecular weight excluding hydrogens is 350 g/mol. The van der Waals surface area contributed by atoms with Gasteiger partial charge >= 0.3 is 0 Å². The number of hydrogen-bond donors (Lipinski definition) is 0. The third kappa shape index (κ3) is 4.89. The SMILES string of the molecule is CCC(C)(C)c1ccc(OC)c(C=CC(=O)c2ccc(C(=O)N(C)C)cc2)c1. The van der Waals surface area contributed by atoms with Crippen LogP contribution in [-0.4, -0.2) is 37.8 Å². The minimum Gasteiger partial charge on any atom is -0.496 e. The van der Waals surface area contributed by atoms with Crippen molar-refractivity contribution >= 4 is 17.8 Å². The molecule has 0 heterocycles. The van der Waals surface area contributed by atoms with E-state index in [0.29, 0.717) is 11.1 Å². The number of amides is 1. The average Bonchev–Trinajstić information content (AvgIpc) is 2.71. The highest BCUT2D eigenvalue weighted by atomic mass is 16.5. The van der Waals surface area contributed by atoms with E-state index in [1.165, 1.54) is 10.5 Å². The molecule has 0 aliphatic heterocycles. The maximum Gasteiger partial charge on any atom is 0.253 e. The second-order valence-electron chi connectivity index (χ2n) is 7.67. The fraction of sp³-hybridized carbons (Fsp3) is 0.333. The lowest BCUT2D eigenvalue weighted by molar-refractivity contribution is 0.0827. The Hall–Kier alpha value is -2.88. The van der Waals surface area contributed by atoms with Gasteiger partial charge in [-0.05, 0) is 53.8 Å². The van der Waals surface area contributed by atoms with E-state index in [9.17, 15) is 9.59 Å². The van der Waals surface area contributed by atoms with Crippen molar-refractivity contribution in [3.05, 3.63) is 70.8 Å². The van der Waals surface area contributed by atoms with Gasteiger partial charge in [0.05, 0.1) is 7.11 Å². The van der Waals surface area contributed by atoms with Gasteiger partial charge in [0, 0.05) is 30.8 Å². The van der Waals surface area contributed by atoms with Gasteiger partial charge in [0.1, 0.15) is 5.75 Å². The third-order valence-corrected chi connectivity index (χ3v) is 5.13. The maximum atomic E-state index is 12.5. The fourth-order valence-corrected chi connectivity index (χ4v) is 2.79. The van der Waals surface area contributed by atoms with Crippen LogP contribution in [0.15, 0.2) is 48.5 Å². The molecule has 0 saturated heterocycles. The standard InChI is InChI=1S/C24H29NO3/c1-7-24(2,3)20-13-15-22(28-6)19(16-20)12-14-21(26)17-8-10-18(11-9-17)23(27)25(4)5/h8-16H,7H2,1-6H3. The highest BCUT2D eigenvalue weighted by Crippen LogP contribution is 2.31. The molecule has 0 spiro atoms. The van der Waals surface area contributed by atoms with Crippen LogP contribution in [0.2, 0.25) is 0 Å². The number of ketones is 1. The summed E-state index contributed by atoms with van der Waals surface area (Å²) in [6.07, 6.45) is 4.35. The number of ether oxygens (including phenoxy) is 1. The second kappa shape index (κ2) is 8.87. The number of nitrogens with zero attached hydrogens (tertiary/aromatic N) is 1. The first-order valence-electron chi connectivity index (χ1n) is 9.42. The molecule has 0 radical (unpaired) electrons. The average molecular weight is 380 g/mol. The number of methoxy groups -OCH3 is 1. The number of hydrogen-bond acceptors (Lipinski definition) is 3. The Morgan fingerprint density at radius 1 is 1.04 bits per heavy atom. The highest BCUT2D eigenvalue weighted by molar-refractivity contribution is 6.07. The third-order valence-electron chi connectivity index (χ3n) is 5.13. The molecule has 28 heavy (non-hydrogen) atoms. The minimum absolute atomic E-state index is 0.0493. The molecule has 0 unspecified atom stereocenters. The van der Waals surface area contributed by atoms with Crippen molar-refractivity contribution in [2.75, 3.05) is 21.2 Å². The summed E-state index contributed by atoms with van der Waals surface area (Å²) >= 11 is 0. The van der Waals surface area contributed by atoms with Crippen molar-refractivity contribution in [3.8, 4) is 5.75 Å². The topological polar surface area (TPSA) is 46.6 Å². The van der Waals surface area contributed by atoms with E-state index >= 15 is 0 Å². The monoisotopic (exact) mass is 379 g/mol. The van der Waals surface area contributed by atoms with E-state index in [2.05, 4.69) is 32.9 Å². The number of allylic oxidation sites excluding steroid dienone is 1. The predicted octanol–water partition coefficient (Wildman–Crippen LogP) is 4.98. The van der Waals surface area contributed by atoms with Crippen LogP contribution >= 0.6 is 0 Å². The van der Waals surface area contributed by atoms with Crippen LogP contribution in [0.1, 0.15) is 59.0 Å². The van der Waals surface area contributed by atoms with Crippen molar-refractivity contribution in [1.82, 2.24) is 4.90 Å². The summed E-state index contributed by atoms with van der Waals surface area (Å²) in [6, 6.07) is 12.8. The van der Waals surface area contributed by atoms with Gasteiger partial charge in [-0.15, -0.1) is 0 Å². The first-order chi connectivity index (χ1) is 13.2. The van der Waals surface area contributed by atoms with E-state index in [0.717, 1.165) is 17.7 Å². The van der Waals surface area contributed by atoms with Crippen LogP contribution in [0.3, 0.4) is 0 Å². The molecule has 2 aromatic carbocycles. The number of benzene rings is 2. The molecule has 0 aliphatic carbocycles. The van der Waals surface area contributed by atoms with E-state index in [1.54, 1.807) is 57.6 Å². The van der Waals surface area contributed by atoms with Gasteiger partial charge in [-0.25, -0.2) is 0 Å². The lowest BCUT2D eigenvalue weighted by atomic mass is 9.81. The lowest BCUT2D eigenvalue weighted by Gasteiger charge is -2.24. The van der Waals surface area contributed by atoms with Crippen LogP contribution in [0.5, 0.6) is 5.75 Å². The highest BCUT2D eigenvalue weighted by Gasteiger charge is 2.19. The zero-order chi connectivity index (χ0) is 20.9. The number of carbonyl (C=O) groups excluding carboxylic acids is 2. The van der Waals surface area contributed by atoms with E-state index < -0.39 is 0 Å². The van der Waals surface area contributed by atoms with Crippen molar-refractivity contribution in [3.63, 3.8) is 0 Å². The molecule has 0 atom stereocenters. The van der Waals surface area contributed by atoms with Gasteiger partial charge in [0.25, 0.3) is 5.91 Å². The summed E-state index contributed by atoms with van der Waals surface area (Å²) in [5.41, 5.74) is 3.22. The molecule has 148 valence electrons. The molecule has 2 aromatic rings. The summed E-state index contributed by atoms with van der Waals surface area (Å²) < 4.78 is 5.44. The zero-order valence-corrected chi connectivity index (χ0v) is 17.6. The molecule has 2 rings (SSSR count). The summed E-state index contributed by atoms with van der Waals surface area (Å²) in [7, 11) is 5.02. The van der Waals surface area contributed by atoms with E-state index in [-0.39, 0.29) is 17.1 Å². The first kappa shape index (κ1) is 21.4. The molecule has 0 aliphatic rings. The van der Waals surface area contributed by atoms with Crippen LogP contribution in [0.4, 0.5) is 0 Å². The van der Waals surface area contributed by atoms with E-state index in [4.69, 9.17) is 4.74 Å². The lowest BCUT2D eigenvalue weighted by Crippen LogP contribution is -2.21. The van der Waals surface area contributed by atoms with Crippen LogP contribution in [-0.2, 0) is 5.41 Å². The predicted molar refractivity (Wildman–Crippen MR) is 114 cm³/mol. The van der Waals surface area contributed by atoms with Crippen molar-refractivity contribution in [2.24, 2.45) is 0 Å². The zero-order valence-electron chi connectivity index (χ0n) is 17.6. The number of rotatable bonds is 7. The van der Waals surface area contributed by atoms with Gasteiger partial charge in [0.15, 0.2) is 5.78 Å². The normalized spacial score (nSPS) is 11.5. The Bertz CT molecular complexity index is 877. The smallest absolute Gasteiger partial charge is 0.253 e. The quantitative estimate of drug-likeness (QED) is 0.503. The van der Waals surface area contributed by atoms with Gasteiger partial charge in [0.2, 0.25) is 0 Å². The second-order valence-corrected chi connectivity index (χ2v) is 7.67. The summed E-state index contributed by atoms with van der Waals surface area (Å²) in [5.74, 6) is 0.521. The molecule has 4 heteroatoms. The van der Waals surface area contributed by atoms with Crippen LogP contribution in [0.25, 0.3) is 6.08 Å². The molecule has 0 aromatic heterocycles. The van der Waals surface area contributed by atoms with Crippen LogP contribution < -0.4 is 4.74 Å². The Morgan fingerprint density at radius 3 is 2.18 bits per heavy atom. The molecule has 0 N–H and O–H groups in total. The first-order valence-corrected chi connectivity index (χ1v) is 9.42. The van der Waals surface area contributed by atoms with Crippen molar-refractivity contribution in [1.29, 1.82) is 0 Å². The molecule has 4 nitrogen and oxygen atoms in total. The maximum absolute atomic E-state index is 12.5. The Morgan fingerprint density at radius 2 is 1.64 bits per heavy atom. The Labute approximate surface area is 167 Å². The molecule has 1 amide bonds. The number of carbonyl (C=O) groups is 2. The molecule has 0 fully saturated rings. The van der Waals surface area contributed by atoms with Crippen molar-refractivity contribution < 1.29 is 14.3 Å². The fourth-order valence-electron chi connectivity index (χ4n) is 2.79. The van der Waals surface area contributed by atoms with Crippen molar-refractivity contribution in [2.45, 2.75) is 32.6 Å². The summed E-state index contributed by atoms with van der Waals surface area (Å²) in [5, 5.41) is 0. The molecule has 0 bridgehead atoms. The van der Waals surface area contributed by atoms with E-state index in [1.807, 2.05) is 6.07 Å². The van der Waals surface area contributed by atoms with Gasteiger partial charge in [-0.3, -0.25) is 9.59 Å². The summed E-state index contributed by atoms with van der Waals surface area (Å²) in [6.45, 7) is 6.56. The van der Waals surface area contributed by atoms with Gasteiger partial charge in [-0.2, -0.15) is 0 Å². The summed E-state index contributed by atoms with van der Waals surface area (Å²) in [4.78, 5) is 26.0. The minimum atomic E-state index is -0.119. The Balaban J connectivity index is 2.26. The van der Waals surface area contributed by atoms with Gasteiger partial charge in [-0.1, -0.05) is 39.0 Å².